The second-order valence-corrected chi connectivity index (χ2v) is 12.5. The van der Waals surface area contributed by atoms with Crippen molar-refractivity contribution in [2.24, 2.45) is 0 Å². The molecule has 1 aliphatic carbocycles. The van der Waals surface area contributed by atoms with E-state index in [1.807, 2.05) is 17.9 Å². The van der Waals surface area contributed by atoms with Gasteiger partial charge in [0, 0.05) is 23.6 Å². The summed E-state index contributed by atoms with van der Waals surface area (Å²) in [6.07, 6.45) is 6.27. The fourth-order valence-electron chi connectivity index (χ4n) is 6.76. The first kappa shape index (κ1) is 22.7. The van der Waals surface area contributed by atoms with Crippen molar-refractivity contribution in [1.82, 2.24) is 4.90 Å². The van der Waals surface area contributed by atoms with Gasteiger partial charge < -0.3 is 14.4 Å². The molecule has 3 aliphatic heterocycles. The molecule has 6 rings (SSSR count). The first-order valence-corrected chi connectivity index (χ1v) is 14.4. The van der Waals surface area contributed by atoms with Crippen molar-refractivity contribution in [2.45, 2.75) is 63.5 Å². The maximum absolute atomic E-state index is 13.9. The van der Waals surface area contributed by atoms with E-state index in [2.05, 4.69) is 19.1 Å². The van der Waals surface area contributed by atoms with Gasteiger partial charge in [0.05, 0.1) is 18.0 Å². The average molecular weight is 497 g/mol. The molecule has 0 aromatic heterocycles. The molecule has 2 atom stereocenters. The van der Waals surface area contributed by atoms with Crippen molar-refractivity contribution in [3.8, 4) is 11.5 Å². The topological polar surface area (TPSA) is 76.2 Å². The molecular weight excluding hydrogens is 464 g/mol. The molecule has 8 heteroatoms. The normalized spacial score (nSPS) is 24.4. The van der Waals surface area contributed by atoms with E-state index in [0.29, 0.717) is 37.4 Å². The molecule has 186 valence electrons. The van der Waals surface area contributed by atoms with E-state index in [1.54, 1.807) is 12.1 Å². The van der Waals surface area contributed by atoms with E-state index in [0.717, 1.165) is 48.3 Å². The number of carbonyl (C=O) groups is 1. The lowest BCUT2D eigenvalue weighted by Gasteiger charge is -2.46. The summed E-state index contributed by atoms with van der Waals surface area (Å²) in [5, 5.41) is 0. The summed E-state index contributed by atoms with van der Waals surface area (Å²) in [5.41, 5.74) is 4.60. The second-order valence-electron chi connectivity index (χ2n) is 10.6. The van der Waals surface area contributed by atoms with Gasteiger partial charge in [0.2, 0.25) is 10.0 Å². The van der Waals surface area contributed by atoms with E-state index in [-0.39, 0.29) is 23.4 Å². The third-order valence-corrected chi connectivity index (χ3v) is 9.61. The standard InChI is InChI=1S/C27H32N2O5S/c1-17-12-20-13-19(6-7-23(20)29(17)35(3,31)32)26(30)28-16-27(8-4-5-9-27)22-15-25-24(33-10-11-34-25)14-21(22)18(28)2/h6-7,13-15,17-18H,4-5,8-12,16H2,1-3H3. The Hall–Kier alpha value is -2.74. The molecule has 2 unspecified atom stereocenters. The van der Waals surface area contributed by atoms with Crippen LogP contribution in [0.2, 0.25) is 0 Å². The number of hydrogen-bond donors (Lipinski definition) is 0. The summed E-state index contributed by atoms with van der Waals surface area (Å²) in [6, 6.07) is 9.48. The molecule has 0 bridgehead atoms. The van der Waals surface area contributed by atoms with Crippen molar-refractivity contribution in [3.05, 3.63) is 52.6 Å². The Morgan fingerprint density at radius 3 is 2.40 bits per heavy atom. The van der Waals surface area contributed by atoms with E-state index < -0.39 is 10.0 Å². The zero-order valence-electron chi connectivity index (χ0n) is 20.5. The number of carbonyl (C=O) groups excluding carboxylic acids is 1. The largest absolute Gasteiger partial charge is 0.486 e. The van der Waals surface area contributed by atoms with Crippen LogP contribution in [0.4, 0.5) is 5.69 Å². The summed E-state index contributed by atoms with van der Waals surface area (Å²) < 4.78 is 37.9. The van der Waals surface area contributed by atoms with Crippen molar-refractivity contribution >= 4 is 21.6 Å². The fourth-order valence-corrected chi connectivity index (χ4v) is 8.02. The number of benzene rings is 2. The van der Waals surface area contributed by atoms with Crippen molar-refractivity contribution < 1.29 is 22.7 Å². The molecule has 0 radical (unpaired) electrons. The number of nitrogens with zero attached hydrogens (tertiary/aromatic N) is 2. The minimum absolute atomic E-state index is 0.00225. The highest BCUT2D eigenvalue weighted by Gasteiger charge is 2.46. The van der Waals surface area contributed by atoms with Crippen LogP contribution in [-0.2, 0) is 21.9 Å². The molecule has 0 saturated heterocycles. The van der Waals surface area contributed by atoms with Crippen LogP contribution in [0.1, 0.15) is 72.6 Å². The van der Waals surface area contributed by atoms with Crippen molar-refractivity contribution in [3.63, 3.8) is 0 Å². The number of rotatable bonds is 2. The number of ether oxygens (including phenoxy) is 2. The van der Waals surface area contributed by atoms with E-state index in [1.165, 1.54) is 16.1 Å². The molecule has 1 fully saturated rings. The SMILES string of the molecule is CC1c2cc3c(cc2C2(CCCC2)CN1C(=O)c1ccc2c(c1)CC(C)N2S(C)(=O)=O)OCCO3. The van der Waals surface area contributed by atoms with E-state index >= 15 is 0 Å². The third-order valence-electron chi connectivity index (χ3n) is 8.33. The molecule has 1 saturated carbocycles. The quantitative estimate of drug-likeness (QED) is 0.623. The zero-order chi connectivity index (χ0) is 24.5. The van der Waals surface area contributed by atoms with Crippen LogP contribution in [0.25, 0.3) is 0 Å². The van der Waals surface area contributed by atoms with Gasteiger partial charge in [-0.2, -0.15) is 0 Å². The van der Waals surface area contributed by atoms with Crippen LogP contribution < -0.4 is 13.8 Å². The minimum Gasteiger partial charge on any atom is -0.486 e. The van der Waals surface area contributed by atoms with Crippen LogP contribution in [0.5, 0.6) is 11.5 Å². The summed E-state index contributed by atoms with van der Waals surface area (Å²) >= 11 is 0. The smallest absolute Gasteiger partial charge is 0.254 e. The van der Waals surface area contributed by atoms with E-state index in [9.17, 15) is 13.2 Å². The van der Waals surface area contributed by atoms with Gasteiger partial charge in [-0.05, 0) is 80.1 Å². The molecule has 0 N–H and O–H groups in total. The van der Waals surface area contributed by atoms with Gasteiger partial charge in [-0.15, -0.1) is 0 Å². The van der Waals surface area contributed by atoms with Crippen LogP contribution in [-0.4, -0.2) is 51.3 Å². The Morgan fingerprint density at radius 2 is 1.71 bits per heavy atom. The monoisotopic (exact) mass is 496 g/mol. The molecule has 1 spiro atoms. The van der Waals surface area contributed by atoms with Gasteiger partial charge in [0.1, 0.15) is 13.2 Å². The molecule has 3 heterocycles. The lowest BCUT2D eigenvalue weighted by molar-refractivity contribution is 0.0593. The van der Waals surface area contributed by atoms with E-state index in [4.69, 9.17) is 9.47 Å². The summed E-state index contributed by atoms with van der Waals surface area (Å²) in [5.74, 6) is 1.57. The summed E-state index contributed by atoms with van der Waals surface area (Å²) in [7, 11) is -3.37. The van der Waals surface area contributed by atoms with Gasteiger partial charge in [-0.3, -0.25) is 9.10 Å². The Bertz CT molecular complexity index is 1320. The second kappa shape index (κ2) is 7.88. The third kappa shape index (κ3) is 3.51. The highest BCUT2D eigenvalue weighted by atomic mass is 32.2. The molecule has 1 amide bonds. The Labute approximate surface area is 207 Å². The highest BCUT2D eigenvalue weighted by Crippen LogP contribution is 2.52. The van der Waals surface area contributed by atoms with Gasteiger partial charge in [-0.1, -0.05) is 12.8 Å². The lowest BCUT2D eigenvalue weighted by atomic mass is 9.71. The van der Waals surface area contributed by atoms with Crippen LogP contribution in [0.3, 0.4) is 0 Å². The molecule has 2 aromatic rings. The van der Waals surface area contributed by atoms with Crippen molar-refractivity contribution in [1.29, 1.82) is 0 Å². The number of sulfonamides is 1. The predicted molar refractivity (Wildman–Crippen MR) is 134 cm³/mol. The minimum atomic E-state index is -3.37. The lowest BCUT2D eigenvalue weighted by Crippen LogP contribution is -2.48. The van der Waals surface area contributed by atoms with Gasteiger partial charge in [-0.25, -0.2) is 8.42 Å². The Balaban J connectivity index is 1.38. The van der Waals surface area contributed by atoms with Crippen LogP contribution >= 0.6 is 0 Å². The highest BCUT2D eigenvalue weighted by molar-refractivity contribution is 7.92. The Kier molecular flexibility index (Phi) is 5.11. The maximum Gasteiger partial charge on any atom is 0.254 e. The van der Waals surface area contributed by atoms with Gasteiger partial charge >= 0.3 is 0 Å². The molecule has 35 heavy (non-hydrogen) atoms. The molecule has 2 aromatic carbocycles. The van der Waals surface area contributed by atoms with Crippen LogP contribution in [0.15, 0.2) is 30.3 Å². The molecular formula is C27H32N2O5S. The maximum atomic E-state index is 13.9. The first-order valence-electron chi connectivity index (χ1n) is 12.6. The number of fused-ring (bicyclic) bond motifs is 4. The predicted octanol–water partition coefficient (Wildman–Crippen LogP) is 4.20. The average Bonchev–Trinajstić information content (AvgIpc) is 3.43. The summed E-state index contributed by atoms with van der Waals surface area (Å²) in [6.45, 7) is 5.78. The fraction of sp³-hybridized carbons (Fsp3) is 0.519. The first-order chi connectivity index (χ1) is 16.7. The van der Waals surface area contributed by atoms with Crippen molar-refractivity contribution in [2.75, 3.05) is 30.3 Å². The molecule has 7 nitrogen and oxygen atoms in total. The van der Waals surface area contributed by atoms with Crippen LogP contribution in [0, 0.1) is 0 Å². The number of amides is 1. The van der Waals surface area contributed by atoms with Gasteiger partial charge in [0.25, 0.3) is 5.91 Å². The number of hydrogen-bond acceptors (Lipinski definition) is 5. The van der Waals surface area contributed by atoms with Gasteiger partial charge in [0.15, 0.2) is 11.5 Å². The summed E-state index contributed by atoms with van der Waals surface area (Å²) in [4.78, 5) is 16.0. The molecule has 4 aliphatic rings. The Morgan fingerprint density at radius 1 is 1.03 bits per heavy atom. The number of anilines is 1. The zero-order valence-corrected chi connectivity index (χ0v) is 21.4.